The number of aliphatic imine (C=N–C) groups is 1. The van der Waals surface area contributed by atoms with E-state index in [4.69, 9.17) is 0 Å². The van der Waals surface area contributed by atoms with E-state index in [0.717, 1.165) is 25.7 Å². The molecule has 3 N–H and O–H groups in total. The standard InChI is InChI=1S/C14H26F3N3O/c1-3-18-12(19-9-8-14(15,16)17)20-10-13(2)7-5-4-6-11(13)21/h11,21H,3-10H2,1-2H3,(H2,18,19,20). The van der Waals surface area contributed by atoms with Gasteiger partial charge < -0.3 is 15.7 Å². The van der Waals surface area contributed by atoms with E-state index in [-0.39, 0.29) is 12.0 Å². The van der Waals surface area contributed by atoms with Crippen molar-refractivity contribution in [1.29, 1.82) is 0 Å². The summed E-state index contributed by atoms with van der Waals surface area (Å²) >= 11 is 0. The smallest absolute Gasteiger partial charge is 0.390 e. The van der Waals surface area contributed by atoms with Gasteiger partial charge in [-0.25, -0.2) is 0 Å². The Balaban J connectivity index is 2.54. The Kier molecular flexibility index (Phi) is 6.77. The van der Waals surface area contributed by atoms with Gasteiger partial charge in [-0.05, 0) is 19.8 Å². The van der Waals surface area contributed by atoms with E-state index < -0.39 is 18.7 Å². The Bertz CT molecular complexity index is 347. The molecule has 0 aromatic rings. The molecule has 21 heavy (non-hydrogen) atoms. The van der Waals surface area contributed by atoms with Gasteiger partial charge in [-0.1, -0.05) is 19.8 Å². The summed E-state index contributed by atoms with van der Waals surface area (Å²) in [4.78, 5) is 4.35. The minimum Gasteiger partial charge on any atom is -0.392 e. The van der Waals surface area contributed by atoms with Crippen molar-refractivity contribution in [3.05, 3.63) is 0 Å². The van der Waals surface area contributed by atoms with Crippen molar-refractivity contribution in [3.8, 4) is 0 Å². The van der Waals surface area contributed by atoms with Crippen LogP contribution in [0.5, 0.6) is 0 Å². The first-order chi connectivity index (χ1) is 9.77. The fourth-order valence-corrected chi connectivity index (χ4v) is 2.49. The number of alkyl halides is 3. The molecule has 1 rings (SSSR count). The van der Waals surface area contributed by atoms with E-state index in [0.29, 0.717) is 19.0 Å². The van der Waals surface area contributed by atoms with Crippen molar-refractivity contribution in [3.63, 3.8) is 0 Å². The second kappa shape index (κ2) is 7.87. The second-order valence-electron chi connectivity index (χ2n) is 5.90. The lowest BCUT2D eigenvalue weighted by atomic mass is 9.73. The van der Waals surface area contributed by atoms with Gasteiger partial charge in [0.1, 0.15) is 0 Å². The average molecular weight is 309 g/mol. The van der Waals surface area contributed by atoms with E-state index in [2.05, 4.69) is 15.6 Å². The number of nitrogens with one attached hydrogen (secondary N) is 2. The molecule has 2 unspecified atom stereocenters. The van der Waals surface area contributed by atoms with Gasteiger partial charge in [0.25, 0.3) is 0 Å². The van der Waals surface area contributed by atoms with Gasteiger partial charge in [-0.15, -0.1) is 0 Å². The summed E-state index contributed by atoms with van der Waals surface area (Å²) in [5, 5.41) is 15.7. The van der Waals surface area contributed by atoms with E-state index in [9.17, 15) is 18.3 Å². The number of halogens is 3. The summed E-state index contributed by atoms with van der Waals surface area (Å²) in [6.45, 7) is 4.64. The minimum absolute atomic E-state index is 0.200. The fraction of sp³-hybridized carbons (Fsp3) is 0.929. The summed E-state index contributed by atoms with van der Waals surface area (Å²) in [7, 11) is 0. The van der Waals surface area contributed by atoms with Gasteiger partial charge in [-0.3, -0.25) is 4.99 Å². The van der Waals surface area contributed by atoms with E-state index in [1.165, 1.54) is 0 Å². The Hall–Kier alpha value is -0.980. The molecule has 124 valence electrons. The third kappa shape index (κ3) is 6.54. The molecule has 0 radical (unpaired) electrons. The molecular weight excluding hydrogens is 283 g/mol. The van der Waals surface area contributed by atoms with Crippen LogP contribution in [0.3, 0.4) is 0 Å². The Morgan fingerprint density at radius 1 is 1.33 bits per heavy atom. The molecule has 4 nitrogen and oxygen atoms in total. The van der Waals surface area contributed by atoms with E-state index in [1.54, 1.807) is 0 Å². The van der Waals surface area contributed by atoms with Gasteiger partial charge in [0, 0.05) is 18.5 Å². The molecule has 0 amide bonds. The summed E-state index contributed by atoms with van der Waals surface area (Å²) in [6.07, 6.45) is -1.73. The van der Waals surface area contributed by atoms with Crippen LogP contribution in [0.2, 0.25) is 0 Å². The van der Waals surface area contributed by atoms with Crippen LogP contribution in [0.25, 0.3) is 0 Å². The number of rotatable bonds is 5. The predicted molar refractivity (Wildman–Crippen MR) is 77.2 cm³/mol. The molecule has 2 atom stereocenters. The van der Waals surface area contributed by atoms with Crippen molar-refractivity contribution in [2.45, 2.75) is 58.2 Å². The third-order valence-electron chi connectivity index (χ3n) is 3.92. The molecule has 7 heteroatoms. The predicted octanol–water partition coefficient (Wildman–Crippen LogP) is 2.44. The highest BCUT2D eigenvalue weighted by molar-refractivity contribution is 5.79. The highest BCUT2D eigenvalue weighted by Crippen LogP contribution is 2.36. The molecule has 1 saturated carbocycles. The molecule has 1 aliphatic rings. The highest BCUT2D eigenvalue weighted by Gasteiger charge is 2.35. The van der Waals surface area contributed by atoms with Crippen LogP contribution in [0.1, 0.15) is 46.0 Å². The zero-order valence-electron chi connectivity index (χ0n) is 12.8. The zero-order valence-corrected chi connectivity index (χ0v) is 12.8. The lowest BCUT2D eigenvalue weighted by Gasteiger charge is -2.37. The number of hydrogen-bond donors (Lipinski definition) is 3. The Labute approximate surface area is 124 Å². The molecule has 1 aliphatic carbocycles. The SMILES string of the molecule is CCNC(=NCC1(C)CCCCC1O)NCCC(F)(F)F. The van der Waals surface area contributed by atoms with E-state index in [1.807, 2.05) is 13.8 Å². The first-order valence-electron chi connectivity index (χ1n) is 7.54. The lowest BCUT2D eigenvalue weighted by Crippen LogP contribution is -2.42. The molecule has 1 fully saturated rings. The highest BCUT2D eigenvalue weighted by atomic mass is 19.4. The first-order valence-corrected chi connectivity index (χ1v) is 7.54. The quantitative estimate of drug-likeness (QED) is 0.540. The van der Waals surface area contributed by atoms with Crippen molar-refractivity contribution in [2.75, 3.05) is 19.6 Å². The van der Waals surface area contributed by atoms with Gasteiger partial charge >= 0.3 is 6.18 Å². The topological polar surface area (TPSA) is 56.7 Å². The summed E-state index contributed by atoms with van der Waals surface area (Å²) in [5.74, 6) is 0.376. The van der Waals surface area contributed by atoms with Crippen molar-refractivity contribution >= 4 is 5.96 Å². The molecule has 0 saturated heterocycles. The molecule has 0 aliphatic heterocycles. The Morgan fingerprint density at radius 2 is 2.05 bits per heavy atom. The maximum absolute atomic E-state index is 12.1. The third-order valence-corrected chi connectivity index (χ3v) is 3.92. The van der Waals surface area contributed by atoms with Crippen molar-refractivity contribution in [1.82, 2.24) is 10.6 Å². The molecule has 0 aromatic heterocycles. The lowest BCUT2D eigenvalue weighted by molar-refractivity contribution is -0.132. The summed E-state index contributed by atoms with van der Waals surface area (Å²) < 4.78 is 36.4. The minimum atomic E-state index is -4.17. The first kappa shape index (κ1) is 18.1. The maximum atomic E-state index is 12.1. The molecule has 0 bridgehead atoms. The van der Waals surface area contributed by atoms with Crippen LogP contribution < -0.4 is 10.6 Å². The molecular formula is C14H26F3N3O. The van der Waals surface area contributed by atoms with Crippen LogP contribution in [-0.4, -0.2) is 43.0 Å². The largest absolute Gasteiger partial charge is 0.392 e. The van der Waals surface area contributed by atoms with Gasteiger partial charge in [0.05, 0.1) is 19.1 Å². The monoisotopic (exact) mass is 309 g/mol. The molecule has 0 spiro atoms. The number of nitrogens with zero attached hydrogens (tertiary/aromatic N) is 1. The number of hydrogen-bond acceptors (Lipinski definition) is 2. The van der Waals surface area contributed by atoms with Crippen LogP contribution in [0.4, 0.5) is 13.2 Å². The number of aliphatic hydroxyl groups excluding tert-OH is 1. The molecule has 0 aromatic carbocycles. The normalized spacial score (nSPS) is 27.5. The zero-order chi connectivity index (χ0) is 15.9. The Morgan fingerprint density at radius 3 is 2.62 bits per heavy atom. The second-order valence-corrected chi connectivity index (χ2v) is 5.90. The maximum Gasteiger partial charge on any atom is 0.390 e. The van der Waals surface area contributed by atoms with Crippen LogP contribution in [-0.2, 0) is 0 Å². The van der Waals surface area contributed by atoms with Crippen molar-refractivity contribution in [2.24, 2.45) is 10.4 Å². The van der Waals surface area contributed by atoms with Gasteiger partial charge in [0.15, 0.2) is 5.96 Å². The summed E-state index contributed by atoms with van der Waals surface area (Å²) in [5.41, 5.74) is -0.287. The fourth-order valence-electron chi connectivity index (χ4n) is 2.49. The van der Waals surface area contributed by atoms with Crippen molar-refractivity contribution < 1.29 is 18.3 Å². The van der Waals surface area contributed by atoms with Crippen LogP contribution in [0.15, 0.2) is 4.99 Å². The summed E-state index contributed by atoms with van der Waals surface area (Å²) in [6, 6.07) is 0. The van der Waals surface area contributed by atoms with Gasteiger partial charge in [-0.2, -0.15) is 13.2 Å². The average Bonchev–Trinajstić information content (AvgIpc) is 2.38. The van der Waals surface area contributed by atoms with Gasteiger partial charge in [0.2, 0.25) is 0 Å². The van der Waals surface area contributed by atoms with Crippen LogP contribution >= 0.6 is 0 Å². The molecule has 0 heterocycles. The number of aliphatic hydroxyl groups is 1. The van der Waals surface area contributed by atoms with Crippen LogP contribution in [0, 0.1) is 5.41 Å². The van der Waals surface area contributed by atoms with E-state index >= 15 is 0 Å². The number of guanidine groups is 1.